The molecule has 2 aliphatic rings. The SMILES string of the molecule is O=C(c1ccc(-n2cccn2)cc1)N1CCN2C(=O)OCC2(Cc2ccccc2)C1. The molecule has 3 aromatic rings. The smallest absolute Gasteiger partial charge is 0.410 e. The molecule has 7 nitrogen and oxygen atoms in total. The van der Waals surface area contributed by atoms with Gasteiger partial charge in [-0.05, 0) is 35.9 Å². The molecule has 3 heterocycles. The third-order valence-electron chi connectivity index (χ3n) is 5.88. The zero-order valence-electron chi connectivity index (χ0n) is 16.5. The predicted octanol–water partition coefficient (Wildman–Crippen LogP) is 2.76. The van der Waals surface area contributed by atoms with Gasteiger partial charge in [-0.3, -0.25) is 9.69 Å². The zero-order chi connectivity index (χ0) is 20.6. The Morgan fingerprint density at radius 2 is 1.83 bits per heavy atom. The largest absolute Gasteiger partial charge is 0.447 e. The van der Waals surface area contributed by atoms with Gasteiger partial charge in [0.25, 0.3) is 5.91 Å². The summed E-state index contributed by atoms with van der Waals surface area (Å²) >= 11 is 0. The minimum Gasteiger partial charge on any atom is -0.447 e. The van der Waals surface area contributed by atoms with Crippen LogP contribution in [-0.4, -0.2) is 63.4 Å². The molecule has 2 aliphatic heterocycles. The molecule has 0 aliphatic carbocycles. The van der Waals surface area contributed by atoms with Gasteiger partial charge in [0.1, 0.15) is 12.1 Å². The van der Waals surface area contributed by atoms with E-state index in [0.717, 1.165) is 11.3 Å². The molecule has 30 heavy (non-hydrogen) atoms. The van der Waals surface area contributed by atoms with Crippen LogP contribution in [0.4, 0.5) is 4.79 Å². The molecule has 0 saturated carbocycles. The van der Waals surface area contributed by atoms with Crippen molar-refractivity contribution in [3.8, 4) is 5.69 Å². The Balaban J connectivity index is 1.37. The van der Waals surface area contributed by atoms with Crippen LogP contribution in [0.2, 0.25) is 0 Å². The Bertz CT molecular complexity index is 1050. The van der Waals surface area contributed by atoms with Gasteiger partial charge in [-0.1, -0.05) is 30.3 Å². The van der Waals surface area contributed by atoms with Crippen LogP contribution in [0.1, 0.15) is 15.9 Å². The molecule has 0 radical (unpaired) electrons. The molecule has 2 amide bonds. The van der Waals surface area contributed by atoms with E-state index in [2.05, 4.69) is 5.10 Å². The molecule has 2 aromatic carbocycles. The van der Waals surface area contributed by atoms with E-state index in [1.807, 2.05) is 71.8 Å². The molecule has 0 spiro atoms. The molecule has 2 saturated heterocycles. The monoisotopic (exact) mass is 402 g/mol. The first-order valence-electron chi connectivity index (χ1n) is 10.0. The lowest BCUT2D eigenvalue weighted by molar-refractivity contribution is 0.0375. The molecular weight excluding hydrogens is 380 g/mol. The van der Waals surface area contributed by atoms with Crippen LogP contribution in [0.3, 0.4) is 0 Å². The number of carbonyl (C=O) groups excluding carboxylic acids is 2. The van der Waals surface area contributed by atoms with Crippen molar-refractivity contribution in [2.24, 2.45) is 0 Å². The summed E-state index contributed by atoms with van der Waals surface area (Å²) in [7, 11) is 0. The van der Waals surface area contributed by atoms with Crippen LogP contribution in [0.5, 0.6) is 0 Å². The number of hydrogen-bond acceptors (Lipinski definition) is 4. The Hall–Kier alpha value is -3.61. The maximum atomic E-state index is 13.2. The number of cyclic esters (lactones) is 1. The summed E-state index contributed by atoms with van der Waals surface area (Å²) in [4.78, 5) is 29.1. The number of ether oxygens (including phenoxy) is 1. The van der Waals surface area contributed by atoms with Crippen molar-refractivity contribution in [3.05, 3.63) is 84.2 Å². The minimum atomic E-state index is -0.526. The van der Waals surface area contributed by atoms with Crippen molar-refractivity contribution in [2.45, 2.75) is 12.0 Å². The van der Waals surface area contributed by atoms with E-state index < -0.39 is 5.54 Å². The number of amides is 2. The van der Waals surface area contributed by atoms with Gasteiger partial charge in [-0.15, -0.1) is 0 Å². The molecule has 1 unspecified atom stereocenters. The molecule has 1 atom stereocenters. The first-order chi connectivity index (χ1) is 14.6. The highest BCUT2D eigenvalue weighted by Gasteiger charge is 2.51. The predicted molar refractivity (Wildman–Crippen MR) is 110 cm³/mol. The lowest BCUT2D eigenvalue weighted by Crippen LogP contribution is -2.63. The van der Waals surface area contributed by atoms with E-state index in [0.29, 0.717) is 38.2 Å². The van der Waals surface area contributed by atoms with Crippen molar-refractivity contribution in [2.75, 3.05) is 26.2 Å². The highest BCUT2D eigenvalue weighted by molar-refractivity contribution is 5.94. The van der Waals surface area contributed by atoms with E-state index in [-0.39, 0.29) is 12.0 Å². The van der Waals surface area contributed by atoms with Crippen LogP contribution in [0.15, 0.2) is 73.1 Å². The van der Waals surface area contributed by atoms with Crippen LogP contribution in [0.25, 0.3) is 5.69 Å². The van der Waals surface area contributed by atoms with E-state index in [1.54, 1.807) is 15.8 Å². The second-order valence-corrected chi connectivity index (χ2v) is 7.82. The van der Waals surface area contributed by atoms with E-state index in [9.17, 15) is 9.59 Å². The van der Waals surface area contributed by atoms with Crippen LogP contribution < -0.4 is 0 Å². The third kappa shape index (κ3) is 3.22. The first kappa shape index (κ1) is 18.4. The van der Waals surface area contributed by atoms with E-state index >= 15 is 0 Å². The van der Waals surface area contributed by atoms with Gasteiger partial charge in [-0.25, -0.2) is 9.48 Å². The maximum Gasteiger partial charge on any atom is 0.410 e. The topological polar surface area (TPSA) is 67.7 Å². The average Bonchev–Trinajstić information content (AvgIpc) is 3.43. The summed E-state index contributed by atoms with van der Waals surface area (Å²) < 4.78 is 7.16. The molecule has 5 rings (SSSR count). The van der Waals surface area contributed by atoms with Gasteiger partial charge >= 0.3 is 6.09 Å². The summed E-state index contributed by atoms with van der Waals surface area (Å²) in [6, 6.07) is 19.3. The van der Waals surface area contributed by atoms with Crippen molar-refractivity contribution >= 4 is 12.0 Å². The van der Waals surface area contributed by atoms with Crippen LogP contribution >= 0.6 is 0 Å². The van der Waals surface area contributed by atoms with Gasteiger partial charge in [0, 0.05) is 44.0 Å². The summed E-state index contributed by atoms with van der Waals surface area (Å²) in [5.41, 5.74) is 2.12. The molecule has 2 fully saturated rings. The van der Waals surface area contributed by atoms with E-state index in [4.69, 9.17) is 4.74 Å². The number of piperazine rings is 1. The fourth-order valence-electron chi connectivity index (χ4n) is 4.37. The van der Waals surface area contributed by atoms with E-state index in [1.165, 1.54) is 0 Å². The Morgan fingerprint density at radius 1 is 1.03 bits per heavy atom. The quantitative estimate of drug-likeness (QED) is 0.673. The number of carbonyl (C=O) groups is 2. The Morgan fingerprint density at radius 3 is 2.57 bits per heavy atom. The zero-order valence-corrected chi connectivity index (χ0v) is 16.5. The maximum absolute atomic E-state index is 13.2. The number of fused-ring (bicyclic) bond motifs is 1. The lowest BCUT2D eigenvalue weighted by Gasteiger charge is -2.44. The van der Waals surface area contributed by atoms with Crippen molar-refractivity contribution in [1.29, 1.82) is 0 Å². The standard InChI is InChI=1S/C23H22N4O3/c28-21(19-7-9-20(10-8-19)27-12-4-11-24-27)25-13-14-26-22(29)30-17-23(26,16-25)15-18-5-2-1-3-6-18/h1-12H,13-17H2. The summed E-state index contributed by atoms with van der Waals surface area (Å²) in [6.07, 6.45) is 3.94. The number of rotatable bonds is 4. The number of benzene rings is 2. The number of hydrogen-bond donors (Lipinski definition) is 0. The lowest BCUT2D eigenvalue weighted by atomic mass is 9.88. The fourth-order valence-corrected chi connectivity index (χ4v) is 4.37. The van der Waals surface area contributed by atoms with Gasteiger partial charge in [0.05, 0.1) is 5.69 Å². The highest BCUT2D eigenvalue weighted by atomic mass is 16.6. The van der Waals surface area contributed by atoms with Crippen LogP contribution in [0, 0.1) is 0 Å². The minimum absolute atomic E-state index is 0.0338. The van der Waals surface area contributed by atoms with Gasteiger partial charge in [0.15, 0.2) is 0 Å². The van der Waals surface area contributed by atoms with Crippen molar-refractivity contribution in [1.82, 2.24) is 19.6 Å². The fraction of sp³-hybridized carbons (Fsp3) is 0.261. The summed E-state index contributed by atoms with van der Waals surface area (Å²) in [6.45, 7) is 1.71. The Labute approximate surface area is 174 Å². The van der Waals surface area contributed by atoms with Gasteiger partial charge in [0.2, 0.25) is 0 Å². The first-order valence-corrected chi connectivity index (χ1v) is 10.0. The van der Waals surface area contributed by atoms with Gasteiger partial charge in [-0.2, -0.15) is 5.10 Å². The van der Waals surface area contributed by atoms with Crippen LogP contribution in [-0.2, 0) is 11.2 Å². The molecule has 1 aromatic heterocycles. The summed E-state index contributed by atoms with van der Waals surface area (Å²) in [5, 5.41) is 4.21. The molecular formula is C23H22N4O3. The summed E-state index contributed by atoms with van der Waals surface area (Å²) in [5.74, 6) is -0.0338. The second kappa shape index (κ2) is 7.33. The second-order valence-electron chi connectivity index (χ2n) is 7.82. The van der Waals surface area contributed by atoms with Gasteiger partial charge < -0.3 is 9.64 Å². The highest BCUT2D eigenvalue weighted by Crippen LogP contribution is 2.33. The third-order valence-corrected chi connectivity index (χ3v) is 5.88. The number of aromatic nitrogens is 2. The number of nitrogens with zero attached hydrogens (tertiary/aromatic N) is 4. The molecule has 0 bridgehead atoms. The Kier molecular flexibility index (Phi) is 4.50. The normalized spacial score (nSPS) is 20.7. The molecule has 152 valence electrons. The van der Waals surface area contributed by atoms with Crippen molar-refractivity contribution in [3.63, 3.8) is 0 Å². The van der Waals surface area contributed by atoms with Crippen molar-refractivity contribution < 1.29 is 14.3 Å². The molecule has 0 N–H and O–H groups in total. The average molecular weight is 402 g/mol. The molecule has 7 heteroatoms.